The van der Waals surface area contributed by atoms with Crippen molar-refractivity contribution in [3.63, 3.8) is 0 Å². The van der Waals surface area contributed by atoms with Crippen molar-refractivity contribution in [2.45, 2.75) is 0 Å². The van der Waals surface area contributed by atoms with Gasteiger partial charge in [-0.25, -0.2) is 8.42 Å². The molecule has 1 heterocycles. The molecule has 1 amide bonds. The summed E-state index contributed by atoms with van der Waals surface area (Å²) in [6.07, 6.45) is 0.963. The van der Waals surface area contributed by atoms with Crippen LogP contribution in [0.2, 0.25) is 0 Å². The van der Waals surface area contributed by atoms with Gasteiger partial charge in [-0.3, -0.25) is 14.3 Å². The van der Waals surface area contributed by atoms with E-state index in [2.05, 4.69) is 4.72 Å². The topological polar surface area (TPSA) is 155 Å². The largest absolute Gasteiger partial charge is 0.455 e. The number of primary amides is 1. The van der Waals surface area contributed by atoms with Gasteiger partial charge in [0.05, 0.1) is 17.3 Å². The minimum Gasteiger partial charge on any atom is -0.455 e. The normalized spacial score (nSPS) is 11.3. The van der Waals surface area contributed by atoms with Crippen LogP contribution in [0.25, 0.3) is 11.0 Å². The molecule has 0 bridgehead atoms. The molecule has 140 valence electrons. The van der Waals surface area contributed by atoms with Crippen molar-refractivity contribution in [2.24, 2.45) is 5.73 Å². The summed E-state index contributed by atoms with van der Waals surface area (Å²) in [4.78, 5) is 24.0. The number of hydrogen-bond acceptors (Lipinski definition) is 7. The van der Waals surface area contributed by atoms with Gasteiger partial charge in [0.15, 0.2) is 5.75 Å². The zero-order valence-electron chi connectivity index (χ0n) is 14.1. The predicted molar refractivity (Wildman–Crippen MR) is 100 cm³/mol. The number of fused-ring (bicyclic) bond motifs is 1. The molecule has 3 aromatic rings. The summed E-state index contributed by atoms with van der Waals surface area (Å²) in [5.74, 6) is -1.05. The molecule has 0 saturated heterocycles. The first-order valence-corrected chi connectivity index (χ1v) is 9.45. The number of anilines is 2. The SMILES string of the molecule is CS(=O)(=O)Nc1cc2oc(N)c(C(N)=O)c(=O)c2cc1Oc1ccccc1. The van der Waals surface area contributed by atoms with Crippen molar-refractivity contribution in [1.82, 2.24) is 0 Å². The van der Waals surface area contributed by atoms with Gasteiger partial charge < -0.3 is 20.6 Å². The van der Waals surface area contributed by atoms with Crippen LogP contribution >= 0.6 is 0 Å². The number of carbonyl (C=O) groups excluding carboxylic acids is 1. The van der Waals surface area contributed by atoms with E-state index in [0.29, 0.717) is 5.75 Å². The van der Waals surface area contributed by atoms with Gasteiger partial charge in [0.2, 0.25) is 21.3 Å². The fourth-order valence-corrected chi connectivity index (χ4v) is 3.01. The molecule has 0 fully saturated rings. The van der Waals surface area contributed by atoms with E-state index in [0.717, 1.165) is 6.26 Å². The molecule has 5 N–H and O–H groups in total. The number of amides is 1. The fourth-order valence-electron chi connectivity index (χ4n) is 2.45. The third kappa shape index (κ3) is 3.85. The zero-order valence-corrected chi connectivity index (χ0v) is 14.9. The van der Waals surface area contributed by atoms with Crippen LogP contribution in [-0.2, 0) is 10.0 Å². The molecule has 10 heteroatoms. The van der Waals surface area contributed by atoms with Gasteiger partial charge in [0.25, 0.3) is 5.91 Å². The van der Waals surface area contributed by atoms with E-state index in [1.54, 1.807) is 30.3 Å². The van der Waals surface area contributed by atoms with Crippen molar-refractivity contribution in [2.75, 3.05) is 16.7 Å². The summed E-state index contributed by atoms with van der Waals surface area (Å²) in [5.41, 5.74) is 9.53. The number of nitrogen functional groups attached to an aromatic ring is 1. The molecule has 27 heavy (non-hydrogen) atoms. The number of carbonyl (C=O) groups is 1. The van der Waals surface area contributed by atoms with Crippen LogP contribution < -0.4 is 26.4 Å². The minimum atomic E-state index is -3.66. The number of ether oxygens (including phenoxy) is 1. The fraction of sp³-hybridized carbons (Fsp3) is 0.0588. The van der Waals surface area contributed by atoms with E-state index in [1.807, 2.05) is 0 Å². The molecule has 0 atom stereocenters. The smallest absolute Gasteiger partial charge is 0.258 e. The average molecular weight is 389 g/mol. The number of sulfonamides is 1. The Bertz CT molecular complexity index is 1200. The monoisotopic (exact) mass is 389 g/mol. The van der Waals surface area contributed by atoms with Gasteiger partial charge in [-0.15, -0.1) is 0 Å². The maximum Gasteiger partial charge on any atom is 0.258 e. The summed E-state index contributed by atoms with van der Waals surface area (Å²) in [7, 11) is -3.66. The lowest BCUT2D eigenvalue weighted by Crippen LogP contribution is -2.23. The van der Waals surface area contributed by atoms with Crippen LogP contribution in [-0.4, -0.2) is 20.6 Å². The number of benzene rings is 2. The summed E-state index contributed by atoms with van der Waals surface area (Å²) in [6, 6.07) is 11.0. The molecular formula is C17H15N3O6S. The number of nitrogens with one attached hydrogen (secondary N) is 1. The lowest BCUT2D eigenvalue weighted by atomic mass is 10.1. The van der Waals surface area contributed by atoms with Gasteiger partial charge >= 0.3 is 0 Å². The molecule has 9 nitrogen and oxygen atoms in total. The molecule has 0 aliphatic heterocycles. The molecule has 0 aliphatic rings. The number of hydrogen-bond donors (Lipinski definition) is 3. The third-order valence-electron chi connectivity index (χ3n) is 3.53. The number of rotatable bonds is 5. The highest BCUT2D eigenvalue weighted by molar-refractivity contribution is 7.92. The molecule has 0 spiro atoms. The summed E-state index contributed by atoms with van der Waals surface area (Å²) >= 11 is 0. The number of nitrogens with two attached hydrogens (primary N) is 2. The Hall–Kier alpha value is -3.53. The maximum absolute atomic E-state index is 12.6. The first-order chi connectivity index (χ1) is 12.7. The maximum atomic E-state index is 12.6. The molecule has 0 aliphatic carbocycles. The van der Waals surface area contributed by atoms with Gasteiger partial charge in [-0.1, -0.05) is 18.2 Å². The predicted octanol–water partition coefficient (Wildman–Crippen LogP) is 1.64. The first kappa shape index (κ1) is 18.3. The van der Waals surface area contributed by atoms with Crippen LogP contribution in [0, 0.1) is 0 Å². The minimum absolute atomic E-state index is 0.0308. The molecule has 0 saturated carbocycles. The highest BCUT2D eigenvalue weighted by Crippen LogP contribution is 2.34. The quantitative estimate of drug-likeness (QED) is 0.599. The van der Waals surface area contributed by atoms with Crippen molar-refractivity contribution in [1.29, 1.82) is 0 Å². The average Bonchev–Trinajstić information content (AvgIpc) is 2.55. The Morgan fingerprint density at radius 2 is 1.85 bits per heavy atom. The molecule has 0 radical (unpaired) electrons. The van der Waals surface area contributed by atoms with Crippen LogP contribution in [0.15, 0.2) is 51.7 Å². The summed E-state index contributed by atoms with van der Waals surface area (Å²) in [6.45, 7) is 0. The van der Waals surface area contributed by atoms with Crippen LogP contribution in [0.4, 0.5) is 11.6 Å². The standard InChI is InChI=1S/C17H15N3O6S/c1-27(23,24)20-11-8-12-10(15(21)14(16(18)22)17(19)26-12)7-13(11)25-9-5-3-2-4-6-9/h2-8,20H,19H2,1H3,(H2,18,22). The highest BCUT2D eigenvalue weighted by atomic mass is 32.2. The Morgan fingerprint density at radius 1 is 1.19 bits per heavy atom. The molecule has 0 unspecified atom stereocenters. The Balaban J connectivity index is 2.27. The number of para-hydroxylation sites is 1. The van der Waals surface area contributed by atoms with Gasteiger partial charge in [-0.2, -0.15) is 0 Å². The second kappa shape index (κ2) is 6.65. The molecule has 3 rings (SSSR count). The zero-order chi connectivity index (χ0) is 19.8. The highest BCUT2D eigenvalue weighted by Gasteiger charge is 2.20. The van der Waals surface area contributed by atoms with Gasteiger partial charge in [-0.05, 0) is 18.2 Å². The van der Waals surface area contributed by atoms with Crippen molar-refractivity contribution >= 4 is 38.5 Å². The Morgan fingerprint density at radius 3 is 2.44 bits per heavy atom. The molecule has 2 aromatic carbocycles. The van der Waals surface area contributed by atoms with Crippen LogP contribution in [0.1, 0.15) is 10.4 Å². The van der Waals surface area contributed by atoms with Crippen molar-refractivity contribution < 1.29 is 22.4 Å². The first-order valence-electron chi connectivity index (χ1n) is 7.56. The second-order valence-electron chi connectivity index (χ2n) is 5.67. The molecule has 1 aromatic heterocycles. The summed E-state index contributed by atoms with van der Waals surface area (Å²) in [5, 5.41) is -0.0389. The van der Waals surface area contributed by atoms with Crippen LogP contribution in [0.3, 0.4) is 0 Å². The Kier molecular flexibility index (Phi) is 4.50. The third-order valence-corrected chi connectivity index (χ3v) is 4.12. The van der Waals surface area contributed by atoms with E-state index in [-0.39, 0.29) is 22.4 Å². The second-order valence-corrected chi connectivity index (χ2v) is 7.42. The Labute approximate surface area is 153 Å². The van der Waals surface area contributed by atoms with Crippen LogP contribution in [0.5, 0.6) is 11.5 Å². The van der Waals surface area contributed by atoms with Crippen molar-refractivity contribution in [3.8, 4) is 11.5 Å². The van der Waals surface area contributed by atoms with Crippen molar-refractivity contribution in [3.05, 3.63) is 58.3 Å². The van der Waals surface area contributed by atoms with Gasteiger partial charge in [0.1, 0.15) is 16.9 Å². The van der Waals surface area contributed by atoms with E-state index in [4.69, 9.17) is 20.6 Å². The van der Waals surface area contributed by atoms with Gasteiger partial charge in [0, 0.05) is 6.07 Å². The summed E-state index contributed by atoms with van der Waals surface area (Å²) < 4.78 is 36.6. The van der Waals surface area contributed by atoms with E-state index < -0.39 is 32.8 Å². The van der Waals surface area contributed by atoms with E-state index in [1.165, 1.54) is 12.1 Å². The lowest BCUT2D eigenvalue weighted by Gasteiger charge is -2.13. The van der Waals surface area contributed by atoms with E-state index in [9.17, 15) is 18.0 Å². The lowest BCUT2D eigenvalue weighted by molar-refractivity contribution is 0.0999. The molecular weight excluding hydrogens is 374 g/mol. The van der Waals surface area contributed by atoms with E-state index >= 15 is 0 Å².